The fourth-order valence-electron chi connectivity index (χ4n) is 4.63. The molecule has 2 nitrogen and oxygen atoms in total. The van der Waals surface area contributed by atoms with Crippen molar-refractivity contribution in [3.05, 3.63) is 65.2 Å². The summed E-state index contributed by atoms with van der Waals surface area (Å²) in [5.41, 5.74) is 4.56. The standard InChI is InChI=1S/C23H29NO/c1-17-5-7-18(8-6-17)22(2,3)19-9-11-20(12-10-19)25-21-13-23(14-21)15-24(4)16-23/h5-12,21H,13-16H2,1-4H3. The number of nitrogens with zero attached hydrogens (tertiary/aromatic N) is 1. The van der Waals surface area contributed by atoms with Gasteiger partial charge in [-0.05, 0) is 50.1 Å². The van der Waals surface area contributed by atoms with Crippen LogP contribution in [0, 0.1) is 12.3 Å². The second-order valence-corrected chi connectivity index (χ2v) is 8.84. The molecule has 2 aromatic carbocycles. The summed E-state index contributed by atoms with van der Waals surface area (Å²) in [4.78, 5) is 2.40. The van der Waals surface area contributed by atoms with E-state index in [2.05, 4.69) is 81.2 Å². The molecule has 1 spiro atoms. The first-order valence-corrected chi connectivity index (χ1v) is 9.39. The zero-order valence-electron chi connectivity index (χ0n) is 15.9. The zero-order valence-corrected chi connectivity index (χ0v) is 15.9. The molecule has 1 saturated heterocycles. The van der Waals surface area contributed by atoms with E-state index in [1.165, 1.54) is 42.6 Å². The third-order valence-corrected chi connectivity index (χ3v) is 6.18. The van der Waals surface area contributed by atoms with Gasteiger partial charge in [0.1, 0.15) is 5.75 Å². The lowest BCUT2D eigenvalue weighted by Crippen LogP contribution is -2.63. The summed E-state index contributed by atoms with van der Waals surface area (Å²) in [6.07, 6.45) is 2.84. The van der Waals surface area contributed by atoms with Crippen molar-refractivity contribution in [2.45, 2.75) is 45.1 Å². The highest BCUT2D eigenvalue weighted by molar-refractivity contribution is 5.40. The van der Waals surface area contributed by atoms with Crippen molar-refractivity contribution in [2.24, 2.45) is 5.41 Å². The SMILES string of the molecule is Cc1ccc(C(C)(C)c2ccc(OC3CC4(C3)CN(C)C4)cc2)cc1. The molecule has 0 unspecified atom stereocenters. The quantitative estimate of drug-likeness (QED) is 0.796. The molecule has 2 heteroatoms. The molecule has 1 aliphatic heterocycles. The molecule has 4 rings (SSSR count). The van der Waals surface area contributed by atoms with E-state index in [-0.39, 0.29) is 5.41 Å². The predicted octanol–water partition coefficient (Wildman–Crippen LogP) is 4.79. The molecule has 0 N–H and O–H groups in total. The Morgan fingerprint density at radius 3 is 1.96 bits per heavy atom. The maximum absolute atomic E-state index is 6.19. The van der Waals surface area contributed by atoms with Crippen molar-refractivity contribution in [3.63, 3.8) is 0 Å². The van der Waals surface area contributed by atoms with E-state index in [0.717, 1.165) is 5.75 Å². The molecule has 1 saturated carbocycles. The van der Waals surface area contributed by atoms with E-state index < -0.39 is 0 Å². The van der Waals surface area contributed by atoms with Crippen molar-refractivity contribution in [2.75, 3.05) is 20.1 Å². The maximum atomic E-state index is 6.19. The number of hydrogen-bond acceptors (Lipinski definition) is 2. The third-order valence-electron chi connectivity index (χ3n) is 6.18. The second-order valence-electron chi connectivity index (χ2n) is 8.84. The molecule has 0 aromatic heterocycles. The Labute approximate surface area is 151 Å². The average molecular weight is 335 g/mol. The number of ether oxygens (including phenoxy) is 1. The monoisotopic (exact) mass is 335 g/mol. The Hall–Kier alpha value is -1.80. The minimum absolute atomic E-state index is 0.00325. The molecule has 0 amide bonds. The lowest BCUT2D eigenvalue weighted by atomic mass is 9.62. The van der Waals surface area contributed by atoms with Gasteiger partial charge in [-0.25, -0.2) is 0 Å². The molecule has 0 bridgehead atoms. The molecule has 2 aliphatic rings. The van der Waals surface area contributed by atoms with E-state index in [1.54, 1.807) is 0 Å². The molecule has 2 fully saturated rings. The van der Waals surface area contributed by atoms with Gasteiger partial charge in [-0.3, -0.25) is 0 Å². The van der Waals surface area contributed by atoms with Crippen LogP contribution in [0.1, 0.15) is 43.4 Å². The number of rotatable bonds is 4. The number of likely N-dealkylation sites (tertiary alicyclic amines) is 1. The summed E-state index contributed by atoms with van der Waals surface area (Å²) in [6.45, 7) is 9.20. The summed E-state index contributed by atoms with van der Waals surface area (Å²) in [5, 5.41) is 0. The Kier molecular flexibility index (Phi) is 3.92. The molecule has 0 atom stereocenters. The van der Waals surface area contributed by atoms with Crippen LogP contribution in [0.5, 0.6) is 5.75 Å². The summed E-state index contributed by atoms with van der Waals surface area (Å²) >= 11 is 0. The minimum Gasteiger partial charge on any atom is -0.490 e. The lowest BCUT2D eigenvalue weighted by molar-refractivity contribution is -0.109. The molecule has 25 heavy (non-hydrogen) atoms. The van der Waals surface area contributed by atoms with Crippen LogP contribution < -0.4 is 4.74 Å². The van der Waals surface area contributed by atoms with Crippen LogP contribution >= 0.6 is 0 Å². The average Bonchev–Trinajstić information content (AvgIpc) is 2.52. The van der Waals surface area contributed by atoms with Gasteiger partial charge in [-0.1, -0.05) is 55.8 Å². The van der Waals surface area contributed by atoms with Crippen LogP contribution in [0.3, 0.4) is 0 Å². The van der Waals surface area contributed by atoms with Gasteiger partial charge in [0.2, 0.25) is 0 Å². The lowest BCUT2D eigenvalue weighted by Gasteiger charge is -2.57. The van der Waals surface area contributed by atoms with Gasteiger partial charge >= 0.3 is 0 Å². The van der Waals surface area contributed by atoms with Gasteiger partial charge in [-0.2, -0.15) is 0 Å². The van der Waals surface area contributed by atoms with Crippen molar-refractivity contribution in [1.29, 1.82) is 0 Å². The van der Waals surface area contributed by atoms with Crippen molar-refractivity contribution >= 4 is 0 Å². The highest BCUT2D eigenvalue weighted by atomic mass is 16.5. The van der Waals surface area contributed by atoms with Gasteiger partial charge in [0.25, 0.3) is 0 Å². The molecule has 0 radical (unpaired) electrons. The summed E-state index contributed by atoms with van der Waals surface area (Å²) in [7, 11) is 2.20. The molecular formula is C23H29NO. The van der Waals surface area contributed by atoms with Crippen molar-refractivity contribution in [3.8, 4) is 5.75 Å². The Balaban J connectivity index is 1.41. The minimum atomic E-state index is 0.00325. The zero-order chi connectivity index (χ0) is 17.7. The first-order valence-electron chi connectivity index (χ1n) is 9.39. The normalized spacial score (nSPS) is 20.2. The van der Waals surface area contributed by atoms with Crippen LogP contribution in [0.4, 0.5) is 0 Å². The predicted molar refractivity (Wildman–Crippen MR) is 103 cm³/mol. The van der Waals surface area contributed by atoms with E-state index in [4.69, 9.17) is 4.74 Å². The molecule has 1 aliphatic carbocycles. The van der Waals surface area contributed by atoms with Crippen molar-refractivity contribution in [1.82, 2.24) is 4.90 Å². The Morgan fingerprint density at radius 1 is 0.920 bits per heavy atom. The fraction of sp³-hybridized carbons (Fsp3) is 0.478. The van der Waals surface area contributed by atoms with E-state index in [9.17, 15) is 0 Å². The van der Waals surface area contributed by atoms with Crippen LogP contribution in [-0.4, -0.2) is 31.1 Å². The van der Waals surface area contributed by atoms with Crippen molar-refractivity contribution < 1.29 is 4.74 Å². The molecule has 2 aromatic rings. The highest BCUT2D eigenvalue weighted by Gasteiger charge is 2.52. The topological polar surface area (TPSA) is 12.5 Å². The van der Waals surface area contributed by atoms with Gasteiger partial charge in [-0.15, -0.1) is 0 Å². The number of aryl methyl sites for hydroxylation is 1. The Bertz CT molecular complexity index is 731. The number of hydrogen-bond donors (Lipinski definition) is 0. The van der Waals surface area contributed by atoms with E-state index >= 15 is 0 Å². The van der Waals surface area contributed by atoms with Gasteiger partial charge < -0.3 is 9.64 Å². The summed E-state index contributed by atoms with van der Waals surface area (Å²) < 4.78 is 6.19. The Morgan fingerprint density at radius 2 is 1.44 bits per heavy atom. The maximum Gasteiger partial charge on any atom is 0.119 e. The van der Waals surface area contributed by atoms with Gasteiger partial charge in [0, 0.05) is 23.9 Å². The largest absolute Gasteiger partial charge is 0.490 e. The van der Waals surface area contributed by atoms with Gasteiger partial charge in [0.05, 0.1) is 6.10 Å². The molecule has 1 heterocycles. The van der Waals surface area contributed by atoms with E-state index in [0.29, 0.717) is 11.5 Å². The third kappa shape index (κ3) is 3.08. The van der Waals surface area contributed by atoms with Crippen LogP contribution in [0.15, 0.2) is 48.5 Å². The van der Waals surface area contributed by atoms with Crippen LogP contribution in [0.25, 0.3) is 0 Å². The smallest absolute Gasteiger partial charge is 0.119 e. The second kappa shape index (κ2) is 5.88. The van der Waals surface area contributed by atoms with Crippen LogP contribution in [0.2, 0.25) is 0 Å². The summed E-state index contributed by atoms with van der Waals surface area (Å²) in [5.74, 6) is 1.01. The first kappa shape index (κ1) is 16.7. The molecule has 132 valence electrons. The molecular weight excluding hydrogens is 306 g/mol. The van der Waals surface area contributed by atoms with Gasteiger partial charge in [0.15, 0.2) is 0 Å². The van der Waals surface area contributed by atoms with E-state index in [1.807, 2.05) is 0 Å². The number of benzene rings is 2. The van der Waals surface area contributed by atoms with Crippen LogP contribution in [-0.2, 0) is 5.41 Å². The first-order chi connectivity index (χ1) is 11.9. The summed E-state index contributed by atoms with van der Waals surface area (Å²) in [6, 6.07) is 17.6. The fourth-order valence-corrected chi connectivity index (χ4v) is 4.63. The highest BCUT2D eigenvalue weighted by Crippen LogP contribution is 2.49.